The van der Waals surface area contributed by atoms with Crippen LogP contribution in [0.25, 0.3) is 0 Å². The fourth-order valence-electron chi connectivity index (χ4n) is 1.64. The van der Waals surface area contributed by atoms with Crippen LogP contribution in [0.5, 0.6) is 0 Å². The molecular formula is C12H16FN3O4. The lowest BCUT2D eigenvalue weighted by molar-refractivity contribution is -0.384. The number of nitro benzene ring substituents is 1. The van der Waals surface area contributed by atoms with Crippen molar-refractivity contribution in [3.63, 3.8) is 0 Å². The van der Waals surface area contributed by atoms with E-state index in [9.17, 15) is 19.3 Å². The van der Waals surface area contributed by atoms with Crippen molar-refractivity contribution in [3.05, 3.63) is 33.6 Å². The Morgan fingerprint density at radius 1 is 1.35 bits per heavy atom. The Bertz CT molecular complexity index is 534. The summed E-state index contributed by atoms with van der Waals surface area (Å²) in [5.41, 5.74) is -1.08. The second kappa shape index (κ2) is 6.29. The van der Waals surface area contributed by atoms with E-state index in [0.717, 1.165) is 12.1 Å². The van der Waals surface area contributed by atoms with Crippen LogP contribution in [-0.2, 0) is 0 Å². The molecule has 7 nitrogen and oxygen atoms in total. The fourth-order valence-corrected chi connectivity index (χ4v) is 1.64. The number of anilines is 1. The fraction of sp³-hybridized carbons (Fsp3) is 0.417. The van der Waals surface area contributed by atoms with Gasteiger partial charge in [-0.05, 0) is 14.1 Å². The maximum absolute atomic E-state index is 13.7. The average molecular weight is 285 g/mol. The number of hydrogen-bond acceptors (Lipinski definition) is 5. The SMILES string of the molecule is CN(C)CCN(C)c1cc(F)c(C(=O)O)cc1[N+](=O)[O-]. The van der Waals surface area contributed by atoms with Crippen LogP contribution in [0.3, 0.4) is 0 Å². The lowest BCUT2D eigenvalue weighted by Gasteiger charge is -2.21. The Hall–Kier alpha value is -2.22. The Labute approximate surface area is 115 Å². The van der Waals surface area contributed by atoms with E-state index in [-0.39, 0.29) is 5.69 Å². The zero-order chi connectivity index (χ0) is 15.4. The molecule has 0 aliphatic carbocycles. The molecule has 0 heterocycles. The van der Waals surface area contributed by atoms with Crippen molar-refractivity contribution < 1.29 is 19.2 Å². The summed E-state index contributed by atoms with van der Waals surface area (Å²) in [6.07, 6.45) is 0. The summed E-state index contributed by atoms with van der Waals surface area (Å²) in [7, 11) is 5.28. The summed E-state index contributed by atoms with van der Waals surface area (Å²) in [6.45, 7) is 1.07. The number of carboxylic acid groups (broad SMARTS) is 1. The van der Waals surface area contributed by atoms with Crippen molar-refractivity contribution in [2.24, 2.45) is 0 Å². The predicted octanol–water partition coefficient (Wildman–Crippen LogP) is 1.43. The highest BCUT2D eigenvalue weighted by molar-refractivity contribution is 5.90. The average Bonchev–Trinajstić information content (AvgIpc) is 2.34. The minimum Gasteiger partial charge on any atom is -0.478 e. The summed E-state index contributed by atoms with van der Waals surface area (Å²) in [4.78, 5) is 24.5. The maximum atomic E-state index is 13.7. The lowest BCUT2D eigenvalue weighted by atomic mass is 10.1. The van der Waals surface area contributed by atoms with E-state index in [4.69, 9.17) is 5.11 Å². The minimum atomic E-state index is -1.53. The molecule has 0 aliphatic heterocycles. The first-order valence-corrected chi connectivity index (χ1v) is 5.81. The van der Waals surface area contributed by atoms with Gasteiger partial charge in [0.25, 0.3) is 5.69 Å². The molecule has 20 heavy (non-hydrogen) atoms. The monoisotopic (exact) mass is 285 g/mol. The van der Waals surface area contributed by atoms with Crippen molar-refractivity contribution in [1.29, 1.82) is 0 Å². The number of carboxylic acids is 1. The molecule has 1 aromatic carbocycles. The summed E-state index contributed by atoms with van der Waals surface area (Å²) in [5.74, 6) is -2.53. The second-order valence-corrected chi connectivity index (χ2v) is 4.61. The first-order chi connectivity index (χ1) is 9.23. The number of likely N-dealkylation sites (N-methyl/N-ethyl adjacent to an activating group) is 2. The Morgan fingerprint density at radius 2 is 1.95 bits per heavy atom. The van der Waals surface area contributed by atoms with Gasteiger partial charge in [0.05, 0.1) is 4.92 Å². The molecule has 0 saturated carbocycles. The van der Waals surface area contributed by atoms with Crippen LogP contribution in [0.2, 0.25) is 0 Å². The van der Waals surface area contributed by atoms with Crippen molar-refractivity contribution in [1.82, 2.24) is 4.90 Å². The summed E-state index contributed by atoms with van der Waals surface area (Å²) >= 11 is 0. The standard InChI is InChI=1S/C12H16FN3O4/c1-14(2)4-5-15(3)10-7-9(13)8(12(17)18)6-11(10)16(19)20/h6-7H,4-5H2,1-3H3,(H,17,18). The van der Waals surface area contributed by atoms with Crippen LogP contribution in [-0.4, -0.2) is 55.1 Å². The molecule has 0 fully saturated rings. The number of nitro groups is 1. The Morgan fingerprint density at radius 3 is 2.40 bits per heavy atom. The van der Waals surface area contributed by atoms with Gasteiger partial charge >= 0.3 is 5.97 Å². The maximum Gasteiger partial charge on any atom is 0.338 e. The van der Waals surface area contributed by atoms with E-state index >= 15 is 0 Å². The highest BCUT2D eigenvalue weighted by atomic mass is 19.1. The van der Waals surface area contributed by atoms with Crippen molar-refractivity contribution in [2.75, 3.05) is 39.1 Å². The number of nitrogens with zero attached hydrogens (tertiary/aromatic N) is 3. The molecule has 0 atom stereocenters. The third-order valence-corrected chi connectivity index (χ3v) is 2.79. The van der Waals surface area contributed by atoms with E-state index in [0.29, 0.717) is 13.1 Å². The van der Waals surface area contributed by atoms with Gasteiger partial charge in [-0.15, -0.1) is 0 Å². The molecule has 0 bridgehead atoms. The summed E-state index contributed by atoms with van der Waals surface area (Å²) in [5, 5.41) is 19.8. The van der Waals surface area contributed by atoms with E-state index in [1.165, 1.54) is 4.90 Å². The van der Waals surface area contributed by atoms with Gasteiger partial charge in [0.1, 0.15) is 17.1 Å². The number of hydrogen-bond donors (Lipinski definition) is 1. The Balaban J connectivity index is 3.21. The molecule has 8 heteroatoms. The quantitative estimate of drug-likeness (QED) is 0.628. The molecule has 0 aromatic heterocycles. The van der Waals surface area contributed by atoms with Crippen LogP contribution in [0.15, 0.2) is 12.1 Å². The lowest BCUT2D eigenvalue weighted by Crippen LogP contribution is -2.29. The molecule has 1 aromatic rings. The molecular weight excluding hydrogens is 269 g/mol. The van der Waals surface area contributed by atoms with E-state index in [1.807, 2.05) is 19.0 Å². The van der Waals surface area contributed by atoms with Gasteiger partial charge in [0.15, 0.2) is 0 Å². The van der Waals surface area contributed by atoms with Crippen LogP contribution < -0.4 is 4.90 Å². The highest BCUT2D eigenvalue weighted by Gasteiger charge is 2.23. The second-order valence-electron chi connectivity index (χ2n) is 4.61. The van der Waals surface area contributed by atoms with E-state index in [2.05, 4.69) is 0 Å². The number of benzene rings is 1. The largest absolute Gasteiger partial charge is 0.478 e. The van der Waals surface area contributed by atoms with Gasteiger partial charge < -0.3 is 14.9 Å². The smallest absolute Gasteiger partial charge is 0.338 e. The molecule has 110 valence electrons. The van der Waals surface area contributed by atoms with Crippen molar-refractivity contribution >= 4 is 17.3 Å². The van der Waals surface area contributed by atoms with Gasteiger partial charge in [0.2, 0.25) is 0 Å². The van der Waals surface area contributed by atoms with Gasteiger partial charge in [0, 0.05) is 32.3 Å². The molecule has 0 aliphatic rings. The van der Waals surface area contributed by atoms with Crippen molar-refractivity contribution in [2.45, 2.75) is 0 Å². The number of rotatable bonds is 6. The molecule has 0 amide bonds. The first-order valence-electron chi connectivity index (χ1n) is 5.81. The third kappa shape index (κ3) is 3.64. The zero-order valence-corrected chi connectivity index (χ0v) is 11.5. The molecule has 0 radical (unpaired) electrons. The van der Waals surface area contributed by atoms with Gasteiger partial charge in [-0.3, -0.25) is 10.1 Å². The van der Waals surface area contributed by atoms with Gasteiger partial charge in [-0.25, -0.2) is 9.18 Å². The number of aromatic carboxylic acids is 1. The molecule has 0 spiro atoms. The van der Waals surface area contributed by atoms with Crippen LogP contribution in [0.1, 0.15) is 10.4 Å². The normalized spacial score (nSPS) is 10.7. The Kier molecular flexibility index (Phi) is 4.98. The molecule has 1 N–H and O–H groups in total. The van der Waals surface area contributed by atoms with Crippen LogP contribution >= 0.6 is 0 Å². The minimum absolute atomic E-state index is 0.0550. The van der Waals surface area contributed by atoms with Crippen LogP contribution in [0.4, 0.5) is 15.8 Å². The number of carbonyl (C=O) groups is 1. The number of halogens is 1. The van der Waals surface area contributed by atoms with Crippen molar-refractivity contribution in [3.8, 4) is 0 Å². The van der Waals surface area contributed by atoms with E-state index in [1.54, 1.807) is 7.05 Å². The highest BCUT2D eigenvalue weighted by Crippen LogP contribution is 2.30. The molecule has 0 unspecified atom stereocenters. The summed E-state index contributed by atoms with van der Waals surface area (Å²) < 4.78 is 13.7. The molecule has 0 saturated heterocycles. The summed E-state index contributed by atoms with van der Waals surface area (Å²) in [6, 6.07) is 1.64. The predicted molar refractivity (Wildman–Crippen MR) is 71.8 cm³/mol. The van der Waals surface area contributed by atoms with Gasteiger partial charge in [-0.2, -0.15) is 0 Å². The van der Waals surface area contributed by atoms with Crippen LogP contribution in [0, 0.1) is 15.9 Å². The zero-order valence-electron chi connectivity index (χ0n) is 11.5. The third-order valence-electron chi connectivity index (χ3n) is 2.79. The van der Waals surface area contributed by atoms with Gasteiger partial charge in [-0.1, -0.05) is 0 Å². The first kappa shape index (κ1) is 15.8. The topological polar surface area (TPSA) is 86.9 Å². The molecule has 1 rings (SSSR count). The van der Waals surface area contributed by atoms with E-state index < -0.39 is 28.0 Å².